The minimum absolute atomic E-state index is 0.0971. The molecule has 1 heterocycles. The van der Waals surface area contributed by atoms with Gasteiger partial charge in [0.2, 0.25) is 0 Å². The van der Waals surface area contributed by atoms with Crippen LogP contribution in [0.15, 0.2) is 41.3 Å². The lowest BCUT2D eigenvalue weighted by atomic mass is 10.1. The number of aryl methyl sites for hydroxylation is 1. The Morgan fingerprint density at radius 3 is 2.66 bits per heavy atom. The number of hydrogen-bond donors (Lipinski definition) is 1. The van der Waals surface area contributed by atoms with Gasteiger partial charge >= 0.3 is 5.97 Å². The molecular weight excluding hydrogens is 410 g/mol. The van der Waals surface area contributed by atoms with Crippen LogP contribution < -0.4 is 14.4 Å². The van der Waals surface area contributed by atoms with E-state index < -0.39 is 5.97 Å². The summed E-state index contributed by atoms with van der Waals surface area (Å²) in [6.07, 6.45) is 1.73. The van der Waals surface area contributed by atoms with E-state index in [1.807, 2.05) is 13.0 Å². The first-order valence-electron chi connectivity index (χ1n) is 8.78. The smallest absolute Gasteiger partial charge is 0.335 e. The van der Waals surface area contributed by atoms with E-state index in [4.69, 9.17) is 21.7 Å². The number of aromatic carboxylic acids is 1. The van der Waals surface area contributed by atoms with Gasteiger partial charge in [0, 0.05) is 0 Å². The zero-order valence-corrected chi connectivity index (χ0v) is 17.7. The number of rotatable bonds is 6. The average Bonchev–Trinajstić information content (AvgIpc) is 2.96. The molecule has 0 unspecified atom stereocenters. The lowest BCUT2D eigenvalue weighted by molar-refractivity contribution is -0.113. The van der Waals surface area contributed by atoms with Gasteiger partial charge in [-0.3, -0.25) is 9.69 Å². The first kappa shape index (κ1) is 20.9. The van der Waals surface area contributed by atoms with Crippen LogP contribution in [0.2, 0.25) is 0 Å². The molecule has 1 saturated heterocycles. The largest absolute Gasteiger partial charge is 0.493 e. The van der Waals surface area contributed by atoms with Crippen molar-refractivity contribution in [2.45, 2.75) is 13.8 Å². The Hall–Kier alpha value is -2.84. The van der Waals surface area contributed by atoms with Crippen LogP contribution in [0.25, 0.3) is 6.08 Å². The monoisotopic (exact) mass is 429 g/mol. The zero-order valence-electron chi connectivity index (χ0n) is 16.1. The molecule has 0 aliphatic carbocycles. The van der Waals surface area contributed by atoms with Crippen LogP contribution in [-0.4, -0.2) is 35.0 Å². The molecule has 1 fully saturated rings. The van der Waals surface area contributed by atoms with Crippen molar-refractivity contribution in [1.82, 2.24) is 0 Å². The van der Waals surface area contributed by atoms with Crippen molar-refractivity contribution >= 4 is 51.9 Å². The molecule has 29 heavy (non-hydrogen) atoms. The Morgan fingerprint density at radius 1 is 1.24 bits per heavy atom. The highest BCUT2D eigenvalue weighted by Gasteiger charge is 2.34. The third kappa shape index (κ3) is 4.28. The van der Waals surface area contributed by atoms with E-state index in [9.17, 15) is 14.7 Å². The highest BCUT2D eigenvalue weighted by Crippen LogP contribution is 2.38. The number of amides is 1. The predicted octanol–water partition coefficient (Wildman–Crippen LogP) is 4.51. The van der Waals surface area contributed by atoms with E-state index >= 15 is 0 Å². The Kier molecular flexibility index (Phi) is 6.24. The van der Waals surface area contributed by atoms with E-state index in [-0.39, 0.29) is 11.5 Å². The summed E-state index contributed by atoms with van der Waals surface area (Å²) in [5.41, 5.74) is 2.09. The summed E-state index contributed by atoms with van der Waals surface area (Å²) in [5.74, 6) is -0.158. The van der Waals surface area contributed by atoms with Crippen LogP contribution in [0.5, 0.6) is 11.5 Å². The Morgan fingerprint density at radius 2 is 2.00 bits per heavy atom. The third-order valence-electron chi connectivity index (χ3n) is 4.28. The highest BCUT2D eigenvalue weighted by atomic mass is 32.2. The molecule has 8 heteroatoms. The number of benzene rings is 2. The molecule has 2 aromatic rings. The van der Waals surface area contributed by atoms with Crippen LogP contribution >= 0.6 is 24.0 Å². The normalized spacial score (nSPS) is 15.1. The molecule has 2 aromatic carbocycles. The number of hydrogen-bond acceptors (Lipinski definition) is 6. The first-order chi connectivity index (χ1) is 13.8. The van der Waals surface area contributed by atoms with Gasteiger partial charge in [-0.15, -0.1) is 0 Å². The second-order valence-corrected chi connectivity index (χ2v) is 7.84. The summed E-state index contributed by atoms with van der Waals surface area (Å²) in [4.78, 5) is 26.2. The molecule has 1 aliphatic heterocycles. The highest BCUT2D eigenvalue weighted by molar-refractivity contribution is 8.27. The Balaban J connectivity index is 1.95. The number of carbonyl (C=O) groups excluding carboxylic acids is 1. The summed E-state index contributed by atoms with van der Waals surface area (Å²) in [5, 5.41) is 9.26. The standard InChI is InChI=1S/C21H19NO5S2/c1-4-27-16-8-6-13(9-17(16)26-3)10-18-19(23)22(21(28)29-18)15-11-14(20(24)25)7-5-12(15)2/h5-11H,4H2,1-3H3,(H,24,25)/b18-10-. The van der Waals surface area contributed by atoms with Crippen molar-refractivity contribution in [2.24, 2.45) is 0 Å². The SMILES string of the molecule is CCOc1ccc(/C=C2\SC(=S)N(c3cc(C(=O)O)ccc3C)C2=O)cc1OC. The lowest BCUT2D eigenvalue weighted by Gasteiger charge is -2.17. The van der Waals surface area contributed by atoms with Gasteiger partial charge < -0.3 is 14.6 Å². The van der Waals surface area contributed by atoms with E-state index in [1.165, 1.54) is 28.8 Å². The molecule has 0 aromatic heterocycles. The molecular formula is C21H19NO5S2. The molecule has 0 bridgehead atoms. The summed E-state index contributed by atoms with van der Waals surface area (Å²) >= 11 is 6.57. The molecule has 1 aliphatic rings. The van der Waals surface area contributed by atoms with Gasteiger partial charge in [-0.05, 0) is 55.3 Å². The molecule has 1 amide bonds. The minimum atomic E-state index is -1.06. The van der Waals surface area contributed by atoms with Crippen LogP contribution in [0, 0.1) is 6.92 Å². The summed E-state index contributed by atoms with van der Waals surface area (Å²) in [7, 11) is 1.55. The van der Waals surface area contributed by atoms with Crippen LogP contribution in [0.1, 0.15) is 28.4 Å². The number of anilines is 1. The van der Waals surface area contributed by atoms with Gasteiger partial charge in [-0.1, -0.05) is 36.1 Å². The predicted molar refractivity (Wildman–Crippen MR) is 118 cm³/mol. The van der Waals surface area contributed by atoms with E-state index in [0.717, 1.165) is 11.1 Å². The number of thioether (sulfide) groups is 1. The van der Waals surface area contributed by atoms with Crippen molar-refractivity contribution in [2.75, 3.05) is 18.6 Å². The molecule has 1 N–H and O–H groups in total. The molecule has 0 atom stereocenters. The molecule has 0 radical (unpaired) electrons. The van der Waals surface area contributed by atoms with Crippen molar-refractivity contribution in [3.05, 3.63) is 58.0 Å². The molecule has 3 rings (SSSR count). The number of ether oxygens (including phenoxy) is 2. The number of carboxylic acid groups (broad SMARTS) is 1. The fourth-order valence-electron chi connectivity index (χ4n) is 2.86. The van der Waals surface area contributed by atoms with Crippen LogP contribution in [0.3, 0.4) is 0 Å². The van der Waals surface area contributed by atoms with Gasteiger partial charge in [0.1, 0.15) is 0 Å². The van der Waals surface area contributed by atoms with E-state index in [0.29, 0.717) is 33.0 Å². The molecule has 0 spiro atoms. The van der Waals surface area contributed by atoms with E-state index in [1.54, 1.807) is 38.3 Å². The first-order valence-corrected chi connectivity index (χ1v) is 10.0. The number of methoxy groups -OCH3 is 1. The quantitative estimate of drug-likeness (QED) is 0.535. The summed E-state index contributed by atoms with van der Waals surface area (Å²) in [6, 6.07) is 10.0. The Bertz CT molecular complexity index is 1030. The third-order valence-corrected chi connectivity index (χ3v) is 5.58. The second kappa shape index (κ2) is 8.67. The van der Waals surface area contributed by atoms with Crippen molar-refractivity contribution in [3.63, 3.8) is 0 Å². The van der Waals surface area contributed by atoms with Gasteiger partial charge in [-0.25, -0.2) is 4.79 Å². The number of nitrogens with zero attached hydrogens (tertiary/aromatic N) is 1. The lowest BCUT2D eigenvalue weighted by Crippen LogP contribution is -2.28. The van der Waals surface area contributed by atoms with Gasteiger partial charge in [0.05, 0.1) is 29.9 Å². The number of carboxylic acids is 1. The van der Waals surface area contributed by atoms with Crippen LogP contribution in [0.4, 0.5) is 5.69 Å². The number of carbonyl (C=O) groups is 2. The minimum Gasteiger partial charge on any atom is -0.493 e. The fraction of sp³-hybridized carbons (Fsp3) is 0.190. The van der Waals surface area contributed by atoms with Crippen molar-refractivity contribution < 1.29 is 24.2 Å². The molecule has 0 saturated carbocycles. The molecule has 6 nitrogen and oxygen atoms in total. The van der Waals surface area contributed by atoms with Crippen molar-refractivity contribution in [1.29, 1.82) is 0 Å². The fourth-order valence-corrected chi connectivity index (χ4v) is 4.14. The maximum absolute atomic E-state index is 13.0. The number of thiocarbonyl (C=S) groups is 1. The molecule has 150 valence electrons. The Labute approximate surface area is 178 Å². The van der Waals surface area contributed by atoms with Crippen LogP contribution in [-0.2, 0) is 4.79 Å². The van der Waals surface area contributed by atoms with Gasteiger partial charge in [0.25, 0.3) is 5.91 Å². The topological polar surface area (TPSA) is 76.1 Å². The van der Waals surface area contributed by atoms with Gasteiger partial charge in [0.15, 0.2) is 15.8 Å². The second-order valence-electron chi connectivity index (χ2n) is 6.17. The van der Waals surface area contributed by atoms with Gasteiger partial charge in [-0.2, -0.15) is 0 Å². The average molecular weight is 430 g/mol. The zero-order chi connectivity index (χ0) is 21.1. The summed E-state index contributed by atoms with van der Waals surface area (Å²) in [6.45, 7) is 4.21. The van der Waals surface area contributed by atoms with E-state index in [2.05, 4.69) is 0 Å². The van der Waals surface area contributed by atoms with Crippen molar-refractivity contribution in [3.8, 4) is 11.5 Å². The summed E-state index contributed by atoms with van der Waals surface area (Å²) < 4.78 is 11.2. The maximum Gasteiger partial charge on any atom is 0.335 e. The maximum atomic E-state index is 13.0.